The zero-order valence-corrected chi connectivity index (χ0v) is 10.7. The van der Waals surface area contributed by atoms with Crippen molar-refractivity contribution in [1.29, 1.82) is 0 Å². The minimum absolute atomic E-state index is 0.0671. The summed E-state index contributed by atoms with van der Waals surface area (Å²) in [6, 6.07) is 4.84. The van der Waals surface area contributed by atoms with Crippen LogP contribution in [-0.2, 0) is 14.6 Å². The van der Waals surface area contributed by atoms with Gasteiger partial charge in [0.2, 0.25) is 0 Å². The molecule has 0 heterocycles. The summed E-state index contributed by atoms with van der Waals surface area (Å²) in [6.45, 7) is 2.80. The molecule has 0 unspecified atom stereocenters. The average molecular weight is 260 g/mol. The van der Waals surface area contributed by atoms with Gasteiger partial charge in [-0.15, -0.1) is 0 Å². The Morgan fingerprint density at radius 2 is 1.82 bits per heavy atom. The van der Waals surface area contributed by atoms with Crippen molar-refractivity contribution in [2.24, 2.45) is 0 Å². The van der Waals surface area contributed by atoms with Gasteiger partial charge in [0.25, 0.3) is 0 Å². The molecule has 0 bridgehead atoms. The molecular formula is C12H17FO3S. The summed E-state index contributed by atoms with van der Waals surface area (Å²) in [6.07, 6.45) is 1.95. The number of hydrogen-bond acceptors (Lipinski definition) is 3. The van der Waals surface area contributed by atoms with Crippen LogP contribution in [0.5, 0.6) is 0 Å². The zero-order chi connectivity index (χ0) is 12.7. The number of halogens is 1. The Labute approximate surface area is 102 Å². The van der Waals surface area contributed by atoms with E-state index in [0.717, 1.165) is 25.0 Å². The highest BCUT2D eigenvalue weighted by molar-refractivity contribution is 7.91. The highest BCUT2D eigenvalue weighted by Gasteiger charge is 2.13. The van der Waals surface area contributed by atoms with Crippen LogP contribution < -0.4 is 0 Å². The Morgan fingerprint density at radius 3 is 2.41 bits per heavy atom. The van der Waals surface area contributed by atoms with Gasteiger partial charge in [-0.1, -0.05) is 13.3 Å². The molecule has 0 N–H and O–H groups in total. The summed E-state index contributed by atoms with van der Waals surface area (Å²) in [5.74, 6) is -0.509. The van der Waals surface area contributed by atoms with E-state index in [0.29, 0.717) is 6.61 Å². The number of benzene rings is 1. The molecule has 3 nitrogen and oxygen atoms in total. The summed E-state index contributed by atoms with van der Waals surface area (Å²) in [4.78, 5) is 0.137. The van der Waals surface area contributed by atoms with Crippen LogP contribution in [-0.4, -0.2) is 27.4 Å². The number of sulfone groups is 1. The van der Waals surface area contributed by atoms with E-state index in [4.69, 9.17) is 4.74 Å². The van der Waals surface area contributed by atoms with Gasteiger partial charge in [0.15, 0.2) is 9.84 Å². The number of unbranched alkanes of at least 4 members (excludes halogenated alkanes) is 1. The van der Waals surface area contributed by atoms with Gasteiger partial charge in [0.05, 0.1) is 17.3 Å². The first-order chi connectivity index (χ1) is 8.06. The van der Waals surface area contributed by atoms with Crippen LogP contribution in [0.15, 0.2) is 29.2 Å². The Balaban J connectivity index is 2.48. The Morgan fingerprint density at radius 1 is 1.18 bits per heavy atom. The van der Waals surface area contributed by atoms with Gasteiger partial charge in [0.1, 0.15) is 5.82 Å². The predicted octanol–water partition coefficient (Wildman–Crippen LogP) is 2.42. The lowest BCUT2D eigenvalue weighted by Crippen LogP contribution is -2.13. The van der Waals surface area contributed by atoms with Crippen molar-refractivity contribution < 1.29 is 17.5 Å². The molecule has 0 aliphatic heterocycles. The smallest absolute Gasteiger partial charge is 0.180 e. The van der Waals surface area contributed by atoms with Crippen molar-refractivity contribution in [3.63, 3.8) is 0 Å². The maximum absolute atomic E-state index is 12.6. The summed E-state index contributed by atoms with van der Waals surface area (Å²) < 4.78 is 41.4. The lowest BCUT2D eigenvalue weighted by molar-refractivity contribution is 0.146. The normalized spacial score (nSPS) is 11.6. The first-order valence-electron chi connectivity index (χ1n) is 5.62. The maximum Gasteiger partial charge on any atom is 0.180 e. The molecule has 17 heavy (non-hydrogen) atoms. The molecule has 0 aromatic heterocycles. The largest absolute Gasteiger partial charge is 0.380 e. The molecule has 1 rings (SSSR count). The topological polar surface area (TPSA) is 43.4 Å². The van der Waals surface area contributed by atoms with E-state index in [1.807, 2.05) is 6.92 Å². The molecule has 0 radical (unpaired) electrons. The van der Waals surface area contributed by atoms with E-state index in [1.54, 1.807) is 0 Å². The molecule has 96 valence electrons. The van der Waals surface area contributed by atoms with Crippen molar-refractivity contribution in [3.05, 3.63) is 30.1 Å². The molecule has 0 spiro atoms. The third kappa shape index (κ3) is 4.83. The number of hydrogen-bond donors (Lipinski definition) is 0. The molecule has 0 atom stereocenters. The van der Waals surface area contributed by atoms with Crippen LogP contribution in [0.3, 0.4) is 0 Å². The summed E-state index contributed by atoms with van der Waals surface area (Å²) in [7, 11) is -3.36. The van der Waals surface area contributed by atoms with Crippen LogP contribution in [0, 0.1) is 5.82 Å². The van der Waals surface area contributed by atoms with Crippen molar-refractivity contribution in [2.45, 2.75) is 24.7 Å². The molecule has 0 fully saturated rings. The van der Waals surface area contributed by atoms with Crippen LogP contribution >= 0.6 is 0 Å². The third-order valence-electron chi connectivity index (χ3n) is 2.31. The van der Waals surface area contributed by atoms with Crippen LogP contribution in [0.2, 0.25) is 0 Å². The average Bonchev–Trinajstić information content (AvgIpc) is 2.29. The molecule has 0 saturated carbocycles. The predicted molar refractivity (Wildman–Crippen MR) is 64.2 cm³/mol. The minimum atomic E-state index is -3.36. The first kappa shape index (κ1) is 14.1. The number of ether oxygens (including phenoxy) is 1. The summed E-state index contributed by atoms with van der Waals surface area (Å²) in [5.41, 5.74) is 0. The Kier molecular flexibility index (Phi) is 5.58. The second kappa shape index (κ2) is 6.71. The third-order valence-corrected chi connectivity index (χ3v) is 4.01. The Hall–Kier alpha value is -0.940. The van der Waals surface area contributed by atoms with Crippen molar-refractivity contribution in [1.82, 2.24) is 0 Å². The Bertz CT molecular complexity index is 426. The second-order valence-electron chi connectivity index (χ2n) is 3.74. The minimum Gasteiger partial charge on any atom is -0.380 e. The quantitative estimate of drug-likeness (QED) is 0.558. The molecule has 1 aromatic rings. The fourth-order valence-corrected chi connectivity index (χ4v) is 2.40. The maximum atomic E-state index is 12.6. The van der Waals surface area contributed by atoms with E-state index >= 15 is 0 Å². The molecule has 0 amide bonds. The second-order valence-corrected chi connectivity index (χ2v) is 5.85. The fourth-order valence-electron chi connectivity index (χ4n) is 1.28. The lowest BCUT2D eigenvalue weighted by atomic mass is 10.4. The van der Waals surface area contributed by atoms with Gasteiger partial charge in [-0.2, -0.15) is 0 Å². The van der Waals surface area contributed by atoms with Gasteiger partial charge in [-0.25, -0.2) is 12.8 Å². The van der Waals surface area contributed by atoms with Crippen LogP contribution in [0.25, 0.3) is 0 Å². The van der Waals surface area contributed by atoms with E-state index in [-0.39, 0.29) is 17.3 Å². The van der Waals surface area contributed by atoms with Crippen LogP contribution in [0.4, 0.5) is 4.39 Å². The number of rotatable bonds is 7. The van der Waals surface area contributed by atoms with Gasteiger partial charge >= 0.3 is 0 Å². The highest BCUT2D eigenvalue weighted by atomic mass is 32.2. The van der Waals surface area contributed by atoms with Gasteiger partial charge in [-0.05, 0) is 30.7 Å². The monoisotopic (exact) mass is 260 g/mol. The molecule has 0 aliphatic rings. The van der Waals surface area contributed by atoms with E-state index in [1.165, 1.54) is 12.1 Å². The fraction of sp³-hybridized carbons (Fsp3) is 0.500. The molecule has 0 aliphatic carbocycles. The standard InChI is InChI=1S/C12H17FO3S/c1-2-3-8-16-9-10-17(14,15)12-6-4-11(13)5-7-12/h4-7H,2-3,8-10H2,1H3. The first-order valence-corrected chi connectivity index (χ1v) is 7.27. The van der Waals surface area contributed by atoms with Crippen LogP contribution in [0.1, 0.15) is 19.8 Å². The van der Waals surface area contributed by atoms with Gasteiger partial charge in [0, 0.05) is 6.61 Å². The van der Waals surface area contributed by atoms with Gasteiger partial charge < -0.3 is 4.74 Å². The van der Waals surface area contributed by atoms with E-state index < -0.39 is 15.7 Å². The summed E-state index contributed by atoms with van der Waals surface area (Å²) >= 11 is 0. The van der Waals surface area contributed by atoms with Crippen molar-refractivity contribution >= 4 is 9.84 Å². The molecule has 5 heteroatoms. The lowest BCUT2D eigenvalue weighted by Gasteiger charge is -2.05. The van der Waals surface area contributed by atoms with Crippen molar-refractivity contribution in [3.8, 4) is 0 Å². The summed E-state index contributed by atoms with van der Waals surface area (Å²) in [5, 5.41) is 0. The van der Waals surface area contributed by atoms with Crippen molar-refractivity contribution in [2.75, 3.05) is 19.0 Å². The van der Waals surface area contributed by atoms with E-state index in [2.05, 4.69) is 0 Å². The molecular weight excluding hydrogens is 243 g/mol. The SMILES string of the molecule is CCCCOCCS(=O)(=O)c1ccc(F)cc1. The molecule has 1 aromatic carbocycles. The van der Waals surface area contributed by atoms with E-state index in [9.17, 15) is 12.8 Å². The highest BCUT2D eigenvalue weighted by Crippen LogP contribution is 2.11. The van der Waals surface area contributed by atoms with Gasteiger partial charge in [-0.3, -0.25) is 0 Å². The zero-order valence-electron chi connectivity index (χ0n) is 9.86. The molecule has 0 saturated heterocycles.